The molecule has 0 aromatic rings. The monoisotopic (exact) mass is 660 g/mol. The van der Waals surface area contributed by atoms with E-state index in [2.05, 4.69) is 9.47 Å². The lowest BCUT2D eigenvalue weighted by Gasteiger charge is -2.43. The molecule has 0 amide bonds. The topological polar surface area (TPSA) is 52.6 Å². The Morgan fingerprint density at radius 3 is 1.26 bits per heavy atom. The predicted molar refractivity (Wildman–Crippen MR) is 103 cm³/mol. The van der Waals surface area contributed by atoms with Gasteiger partial charge in [-0.15, -0.1) is 0 Å². The first-order valence-electron chi connectivity index (χ1n) is 11.5. The molecule has 0 radical (unpaired) electrons. The van der Waals surface area contributed by atoms with Crippen molar-refractivity contribution >= 4 is 11.9 Å². The van der Waals surface area contributed by atoms with E-state index in [0.29, 0.717) is 0 Å². The van der Waals surface area contributed by atoms with Gasteiger partial charge in [-0.1, -0.05) is 6.92 Å². The third kappa shape index (κ3) is 5.34. The first-order valence-corrected chi connectivity index (χ1v) is 11.5. The zero-order chi connectivity index (χ0) is 33.8. The second-order valence-corrected chi connectivity index (χ2v) is 9.52. The van der Waals surface area contributed by atoms with Crippen molar-refractivity contribution in [3.05, 3.63) is 0 Å². The van der Waals surface area contributed by atoms with Crippen LogP contribution in [0.4, 0.5) is 74.6 Å². The molecule has 0 aromatic carbocycles. The van der Waals surface area contributed by atoms with Crippen LogP contribution in [0, 0.1) is 17.3 Å². The first-order chi connectivity index (χ1) is 18.4. The minimum atomic E-state index is -8.72. The van der Waals surface area contributed by atoms with Gasteiger partial charge in [0.15, 0.2) is 5.41 Å². The fourth-order valence-corrected chi connectivity index (χ4v) is 4.33. The number of ether oxygens (including phenoxy) is 2. The zero-order valence-electron chi connectivity index (χ0n) is 21.2. The lowest BCUT2D eigenvalue weighted by Crippen LogP contribution is -2.74. The van der Waals surface area contributed by atoms with Gasteiger partial charge >= 0.3 is 59.6 Å². The van der Waals surface area contributed by atoms with E-state index in [1.165, 1.54) is 13.8 Å². The van der Waals surface area contributed by atoms with Crippen LogP contribution in [0.2, 0.25) is 0 Å². The summed E-state index contributed by atoms with van der Waals surface area (Å²) in [6.07, 6.45) is -12.6. The normalized spacial score (nSPS) is 21.3. The molecule has 1 rings (SSSR count). The highest BCUT2D eigenvalue weighted by Crippen LogP contribution is 2.65. The molecular formula is C21H21F17O4. The van der Waals surface area contributed by atoms with Crippen LogP contribution in [0.5, 0.6) is 0 Å². The summed E-state index contributed by atoms with van der Waals surface area (Å²) in [5, 5.41) is 0. The summed E-state index contributed by atoms with van der Waals surface area (Å²) < 4.78 is 239. The van der Waals surface area contributed by atoms with Gasteiger partial charge in [-0.3, -0.25) is 9.59 Å². The molecule has 1 saturated carbocycles. The number of alkyl halides is 17. The Balaban J connectivity index is 3.57. The molecule has 1 fully saturated rings. The summed E-state index contributed by atoms with van der Waals surface area (Å²) >= 11 is 0. The molecule has 0 heterocycles. The molecule has 0 saturated heterocycles. The second kappa shape index (κ2) is 11.0. The van der Waals surface area contributed by atoms with Crippen LogP contribution in [-0.2, 0) is 19.1 Å². The van der Waals surface area contributed by atoms with E-state index in [9.17, 15) is 84.2 Å². The average molecular weight is 660 g/mol. The Morgan fingerprint density at radius 2 is 0.929 bits per heavy atom. The third-order valence-corrected chi connectivity index (χ3v) is 6.72. The Hall–Kier alpha value is -2.25. The van der Waals surface area contributed by atoms with Crippen molar-refractivity contribution in [1.29, 1.82) is 0 Å². The Bertz CT molecular complexity index is 987. The van der Waals surface area contributed by atoms with Gasteiger partial charge in [0.25, 0.3) is 0 Å². The number of hydrogen-bond donors (Lipinski definition) is 0. The summed E-state index contributed by atoms with van der Waals surface area (Å²) in [7, 11) is 0. The molecule has 0 N–H and O–H groups in total. The van der Waals surface area contributed by atoms with Crippen molar-refractivity contribution in [2.24, 2.45) is 17.3 Å². The van der Waals surface area contributed by atoms with Gasteiger partial charge in [-0.2, -0.15) is 74.6 Å². The maximum atomic E-state index is 14.6. The van der Waals surface area contributed by atoms with Gasteiger partial charge in [0.2, 0.25) is 0 Å². The molecule has 42 heavy (non-hydrogen) atoms. The van der Waals surface area contributed by atoms with E-state index in [1.54, 1.807) is 0 Å². The van der Waals surface area contributed by atoms with E-state index >= 15 is 0 Å². The van der Waals surface area contributed by atoms with Crippen molar-refractivity contribution in [1.82, 2.24) is 0 Å². The van der Waals surface area contributed by atoms with Crippen LogP contribution in [0.1, 0.15) is 40.0 Å². The number of carbonyl (C=O) groups excluding carboxylic acids is 2. The third-order valence-electron chi connectivity index (χ3n) is 6.72. The highest BCUT2D eigenvalue weighted by atomic mass is 19.4. The predicted octanol–water partition coefficient (Wildman–Crippen LogP) is 7.54. The van der Waals surface area contributed by atoms with Crippen LogP contribution in [0.25, 0.3) is 0 Å². The lowest BCUT2D eigenvalue weighted by molar-refractivity contribution is -0.462. The first kappa shape index (κ1) is 37.8. The van der Waals surface area contributed by atoms with Crippen molar-refractivity contribution < 1.29 is 93.7 Å². The Kier molecular flexibility index (Phi) is 9.92. The molecule has 0 spiro atoms. The van der Waals surface area contributed by atoms with E-state index in [1.807, 2.05) is 0 Å². The minimum Gasteiger partial charge on any atom is -0.465 e. The molecule has 0 bridgehead atoms. The maximum absolute atomic E-state index is 14.6. The van der Waals surface area contributed by atoms with Crippen LogP contribution >= 0.6 is 0 Å². The molecular weight excluding hydrogens is 639 g/mol. The van der Waals surface area contributed by atoms with Gasteiger partial charge in [0.1, 0.15) is 0 Å². The fraction of sp³-hybridized carbons (Fsp3) is 0.905. The average Bonchev–Trinajstić information content (AvgIpc) is 3.14. The second-order valence-electron chi connectivity index (χ2n) is 9.52. The van der Waals surface area contributed by atoms with Gasteiger partial charge < -0.3 is 9.47 Å². The molecule has 0 aromatic heterocycles. The van der Waals surface area contributed by atoms with Crippen LogP contribution < -0.4 is 0 Å². The van der Waals surface area contributed by atoms with Crippen LogP contribution in [0.15, 0.2) is 0 Å². The molecule has 4 nitrogen and oxygen atoms in total. The fourth-order valence-electron chi connectivity index (χ4n) is 4.33. The maximum Gasteiger partial charge on any atom is 0.460 e. The highest BCUT2D eigenvalue weighted by molar-refractivity contribution is 6.00. The summed E-state index contributed by atoms with van der Waals surface area (Å²) in [6.45, 7) is 2.39. The molecule has 0 unspecified atom stereocenters. The van der Waals surface area contributed by atoms with Gasteiger partial charge in [0, 0.05) is 6.42 Å². The zero-order valence-corrected chi connectivity index (χ0v) is 21.2. The van der Waals surface area contributed by atoms with Crippen LogP contribution in [-0.4, -0.2) is 72.8 Å². The summed E-state index contributed by atoms with van der Waals surface area (Å²) in [6, 6.07) is 0. The SMILES string of the molecule is CCOC(=O)C1(C(=O)OCC)C[C@H](CC(F)(F)C(F)(F)C(F)(F)C(F)(F)C(F)(F)C(F)(F)C(F)(F)C(F)(F)F)[C@@H](C)C1. The molecule has 0 aliphatic heterocycles. The quantitative estimate of drug-likeness (QED) is 0.123. The number of esters is 2. The summed E-state index contributed by atoms with van der Waals surface area (Å²) in [5.41, 5.74) is -2.52. The van der Waals surface area contributed by atoms with E-state index in [4.69, 9.17) is 0 Å². The molecule has 21 heteroatoms. The Morgan fingerprint density at radius 1 is 0.595 bits per heavy atom. The largest absolute Gasteiger partial charge is 0.465 e. The minimum absolute atomic E-state index is 0.444. The number of halogens is 17. The van der Waals surface area contributed by atoms with Gasteiger partial charge in [-0.05, 0) is 38.5 Å². The number of rotatable bonds is 12. The van der Waals surface area contributed by atoms with Crippen molar-refractivity contribution in [3.63, 3.8) is 0 Å². The number of carbonyl (C=O) groups is 2. The van der Waals surface area contributed by atoms with E-state index in [0.717, 1.165) is 6.92 Å². The Labute approximate surface area is 224 Å². The molecule has 248 valence electrons. The van der Waals surface area contributed by atoms with Crippen molar-refractivity contribution in [3.8, 4) is 0 Å². The van der Waals surface area contributed by atoms with E-state index in [-0.39, 0.29) is 0 Å². The molecule has 2 atom stereocenters. The molecule has 1 aliphatic rings. The standard InChI is InChI=1S/C21H21F17O4/c1-4-41-11(39)13(12(40)42-5-2)6-9(3)10(7-13)8-14(22,23)15(24,25)16(26,27)17(28,29)18(30,31)19(32,33)20(34,35)21(36,37)38/h9-10H,4-8H2,1-3H3/t9-,10+/m0/s1. The van der Waals surface area contributed by atoms with Gasteiger partial charge in [0.05, 0.1) is 13.2 Å². The summed E-state index contributed by atoms with van der Waals surface area (Å²) in [4.78, 5) is 24.8. The number of hydrogen-bond acceptors (Lipinski definition) is 4. The van der Waals surface area contributed by atoms with Gasteiger partial charge in [-0.25, -0.2) is 0 Å². The lowest BCUT2D eigenvalue weighted by atomic mass is 9.82. The molecule has 1 aliphatic carbocycles. The van der Waals surface area contributed by atoms with Crippen molar-refractivity contribution in [2.45, 2.75) is 87.7 Å². The van der Waals surface area contributed by atoms with Crippen LogP contribution in [0.3, 0.4) is 0 Å². The smallest absolute Gasteiger partial charge is 0.460 e. The highest BCUT2D eigenvalue weighted by Gasteiger charge is 2.95. The van der Waals surface area contributed by atoms with E-state index < -0.39 is 109 Å². The van der Waals surface area contributed by atoms with Crippen molar-refractivity contribution in [2.75, 3.05) is 13.2 Å². The summed E-state index contributed by atoms with van der Waals surface area (Å²) in [5.74, 6) is -63.7.